The van der Waals surface area contributed by atoms with Gasteiger partial charge in [-0.3, -0.25) is 0 Å². The van der Waals surface area contributed by atoms with E-state index >= 15 is 0 Å². The van der Waals surface area contributed by atoms with Crippen LogP contribution in [0.4, 0.5) is 4.79 Å². The molecule has 0 aromatic rings. The highest BCUT2D eigenvalue weighted by molar-refractivity contribution is 6.71. The van der Waals surface area contributed by atoms with Gasteiger partial charge in [-0.25, -0.2) is 9.69 Å². The molecule has 36 heavy (non-hydrogen) atoms. The highest BCUT2D eigenvalue weighted by atomic mass is 28.4. The molecule has 0 heterocycles. The molecule has 2 amide bonds. The van der Waals surface area contributed by atoms with Crippen molar-refractivity contribution in [1.82, 2.24) is 10.2 Å². The van der Waals surface area contributed by atoms with Crippen LogP contribution in [0.5, 0.6) is 0 Å². The Kier molecular flexibility index (Phi) is 19.4. The van der Waals surface area contributed by atoms with E-state index in [4.69, 9.17) is 15.6 Å². The molecule has 180 valence electrons. The highest BCUT2D eigenvalue weighted by Crippen LogP contribution is 2.13. The summed E-state index contributed by atoms with van der Waals surface area (Å²) < 4.78 is 11.5. The van der Waals surface area contributed by atoms with E-state index in [1.165, 1.54) is 4.90 Å². The summed E-state index contributed by atoms with van der Waals surface area (Å²) in [7, 11) is -1.60. The Balaban J connectivity index is 4.67. The molecule has 0 atom stereocenters. The predicted molar refractivity (Wildman–Crippen MR) is 146 cm³/mol. The van der Waals surface area contributed by atoms with Gasteiger partial charge < -0.3 is 14.5 Å². The molecule has 6 heteroatoms. The van der Waals surface area contributed by atoms with E-state index < -0.39 is 8.32 Å². The molecule has 0 bridgehead atoms. The van der Waals surface area contributed by atoms with Gasteiger partial charge in [-0.2, -0.15) is 0 Å². The molecule has 0 rings (SSSR count). The van der Waals surface area contributed by atoms with Crippen molar-refractivity contribution in [2.45, 2.75) is 39.4 Å². The summed E-state index contributed by atoms with van der Waals surface area (Å²) in [6.07, 6.45) is 5.87. The Labute approximate surface area is 218 Å². The van der Waals surface area contributed by atoms with E-state index in [2.05, 4.69) is 119 Å². The fourth-order valence-electron chi connectivity index (χ4n) is 2.31. The normalized spacial score (nSPS) is 7.86. The Hall–Kier alpha value is -4.55. The van der Waals surface area contributed by atoms with E-state index in [0.29, 0.717) is 26.3 Å². The third kappa shape index (κ3) is 20.1. The minimum Gasteiger partial charge on any atom is -0.418 e. The largest absolute Gasteiger partial charge is 0.418 e. The summed E-state index contributed by atoms with van der Waals surface area (Å²) in [5.41, 5.74) is 0. The van der Waals surface area contributed by atoms with Crippen molar-refractivity contribution in [2.24, 2.45) is 0 Å². The number of carbonyl (C=O) groups excluding carboxylic acids is 1. The third-order valence-corrected chi connectivity index (χ3v) is 6.40. The summed E-state index contributed by atoms with van der Waals surface area (Å²) in [4.78, 5) is 13.5. The lowest BCUT2D eigenvalue weighted by Gasteiger charge is -2.21. The van der Waals surface area contributed by atoms with Gasteiger partial charge in [-0.05, 0) is 86.8 Å². The zero-order valence-corrected chi connectivity index (χ0v) is 22.2. The number of carbonyl (C=O) groups is 1. The van der Waals surface area contributed by atoms with Gasteiger partial charge in [0.05, 0.1) is 13.2 Å². The van der Waals surface area contributed by atoms with Crippen LogP contribution in [0.15, 0.2) is 0 Å². The molecule has 0 aliphatic carbocycles. The fraction of sp³-hybridized carbons (Fsp3) is 0.367. The van der Waals surface area contributed by atoms with Crippen LogP contribution in [0, 0.1) is 107 Å². The SMILES string of the molecule is C#CC#CC#CC#CC#CC#CC#CC#CC#CN(CCOCCC[Si](C)(C)OCC)C(=O)NCC. The molecule has 0 spiro atoms. The van der Waals surface area contributed by atoms with Crippen molar-refractivity contribution in [2.75, 3.05) is 32.9 Å². The van der Waals surface area contributed by atoms with E-state index in [9.17, 15) is 4.79 Å². The first-order valence-corrected chi connectivity index (χ1v) is 14.3. The maximum atomic E-state index is 12.2. The number of hydrogen-bond donors (Lipinski definition) is 1. The maximum Gasteiger partial charge on any atom is 0.329 e. The lowest BCUT2D eigenvalue weighted by molar-refractivity contribution is 0.121. The van der Waals surface area contributed by atoms with Gasteiger partial charge in [-0.1, -0.05) is 0 Å². The van der Waals surface area contributed by atoms with Crippen molar-refractivity contribution in [3.63, 3.8) is 0 Å². The van der Waals surface area contributed by atoms with E-state index in [-0.39, 0.29) is 6.03 Å². The molecular formula is C30H28N2O3Si. The summed E-state index contributed by atoms with van der Waals surface area (Å²) in [6.45, 7) is 10.8. The molecule has 0 aliphatic heterocycles. The van der Waals surface area contributed by atoms with Gasteiger partial charge in [0.15, 0.2) is 8.32 Å². The van der Waals surface area contributed by atoms with Gasteiger partial charge in [0.25, 0.3) is 0 Å². The predicted octanol–water partition coefficient (Wildman–Crippen LogP) is 2.28. The molecule has 0 aromatic heterocycles. The van der Waals surface area contributed by atoms with Gasteiger partial charge >= 0.3 is 6.03 Å². The quantitative estimate of drug-likeness (QED) is 0.220. The van der Waals surface area contributed by atoms with Crippen LogP contribution in [-0.2, 0) is 9.16 Å². The summed E-state index contributed by atoms with van der Waals surface area (Å²) >= 11 is 0. The molecule has 1 N–H and O–H groups in total. The highest BCUT2D eigenvalue weighted by Gasteiger charge is 2.20. The van der Waals surface area contributed by atoms with Gasteiger partial charge in [0.1, 0.15) is 0 Å². The Morgan fingerprint density at radius 3 is 1.78 bits per heavy atom. The number of nitrogens with one attached hydrogen (secondary N) is 1. The Morgan fingerprint density at radius 1 is 0.806 bits per heavy atom. The number of amides is 2. The minimum absolute atomic E-state index is 0.301. The van der Waals surface area contributed by atoms with E-state index in [1.807, 2.05) is 13.8 Å². The number of urea groups is 1. The molecule has 0 radical (unpaired) electrons. The fourth-order valence-corrected chi connectivity index (χ4v) is 4.23. The molecule has 0 aromatic carbocycles. The number of ether oxygens (including phenoxy) is 1. The molecule has 0 aliphatic rings. The zero-order chi connectivity index (χ0) is 26.7. The van der Waals surface area contributed by atoms with Gasteiger partial charge in [0, 0.05) is 73.2 Å². The number of rotatable bonds is 10. The smallest absolute Gasteiger partial charge is 0.329 e. The zero-order valence-electron chi connectivity index (χ0n) is 21.2. The Morgan fingerprint density at radius 2 is 1.31 bits per heavy atom. The second-order valence-electron chi connectivity index (χ2n) is 7.03. The van der Waals surface area contributed by atoms with Crippen molar-refractivity contribution >= 4 is 14.3 Å². The molecular weight excluding hydrogens is 464 g/mol. The van der Waals surface area contributed by atoms with Crippen LogP contribution < -0.4 is 5.32 Å². The summed E-state index contributed by atoms with van der Waals surface area (Å²) in [5, 5.41) is 2.72. The summed E-state index contributed by atoms with van der Waals surface area (Å²) in [6, 6.07) is 3.45. The van der Waals surface area contributed by atoms with Crippen molar-refractivity contribution in [1.29, 1.82) is 0 Å². The van der Waals surface area contributed by atoms with E-state index in [0.717, 1.165) is 19.1 Å². The first kappa shape index (κ1) is 31.4. The van der Waals surface area contributed by atoms with Crippen LogP contribution in [0.3, 0.4) is 0 Å². The molecule has 0 fully saturated rings. The second-order valence-corrected chi connectivity index (χ2v) is 11.3. The van der Waals surface area contributed by atoms with Crippen LogP contribution >= 0.6 is 0 Å². The molecule has 0 saturated carbocycles. The third-order valence-electron chi connectivity index (χ3n) is 3.77. The van der Waals surface area contributed by atoms with Crippen LogP contribution in [0.25, 0.3) is 0 Å². The molecule has 0 saturated heterocycles. The van der Waals surface area contributed by atoms with Crippen LogP contribution in [0.2, 0.25) is 19.1 Å². The Bertz CT molecular complexity index is 1280. The van der Waals surface area contributed by atoms with E-state index in [1.54, 1.807) is 0 Å². The lowest BCUT2D eigenvalue weighted by Crippen LogP contribution is -2.38. The lowest BCUT2D eigenvalue weighted by atomic mass is 10.5. The van der Waals surface area contributed by atoms with Gasteiger partial charge in [0.2, 0.25) is 0 Å². The topological polar surface area (TPSA) is 50.8 Å². The maximum absolute atomic E-state index is 12.2. The average molecular weight is 493 g/mol. The molecule has 5 nitrogen and oxygen atoms in total. The number of terminal acetylenes is 1. The van der Waals surface area contributed by atoms with Crippen LogP contribution in [-0.4, -0.2) is 52.2 Å². The second kappa shape index (κ2) is 22.2. The summed E-state index contributed by atoms with van der Waals surface area (Å²) in [5.74, 6) is 39.6. The first-order valence-electron chi connectivity index (χ1n) is 11.2. The average Bonchev–Trinajstić information content (AvgIpc) is 2.84. The van der Waals surface area contributed by atoms with Crippen LogP contribution in [0.1, 0.15) is 20.3 Å². The standard InChI is InChI=1S/C30H28N2O3Si/c1-6-9-10-11-12-13-14-15-16-17-18-19-20-21-22-23-25-32(30(33)31-7-2)26-28-34-27-24-29-36(4,5)35-8-3/h1H,7-8,24,26-29H2,2-5H3,(H,31,33). The molecule has 0 unspecified atom stereocenters. The van der Waals surface area contributed by atoms with Crippen molar-refractivity contribution in [3.05, 3.63) is 0 Å². The van der Waals surface area contributed by atoms with Gasteiger partial charge in [-0.15, -0.1) is 6.42 Å². The number of hydrogen-bond acceptors (Lipinski definition) is 3. The monoisotopic (exact) mass is 492 g/mol. The van der Waals surface area contributed by atoms with Crippen molar-refractivity contribution < 1.29 is 14.0 Å². The minimum atomic E-state index is -1.60. The van der Waals surface area contributed by atoms with Crippen molar-refractivity contribution in [3.8, 4) is 107 Å². The number of nitrogens with zero attached hydrogens (tertiary/aromatic N) is 1. The first-order chi connectivity index (χ1) is 17.5.